The summed E-state index contributed by atoms with van der Waals surface area (Å²) in [5, 5.41) is 0.198. The van der Waals surface area contributed by atoms with E-state index < -0.39 is 17.2 Å². The van der Waals surface area contributed by atoms with Crippen molar-refractivity contribution in [2.24, 2.45) is 0 Å². The van der Waals surface area contributed by atoms with Crippen LogP contribution in [0.5, 0.6) is 0 Å². The Kier molecular flexibility index (Phi) is 13.5. The third-order valence-corrected chi connectivity index (χ3v) is 3.69. The van der Waals surface area contributed by atoms with Crippen LogP contribution in [0.2, 0.25) is 0 Å². The third kappa shape index (κ3) is 7.16. The molecule has 0 bridgehead atoms. The molecule has 0 amide bonds. The first-order valence-electron chi connectivity index (χ1n) is 10.2. The lowest BCUT2D eigenvalue weighted by molar-refractivity contribution is 0.0521. The van der Waals surface area contributed by atoms with E-state index >= 15 is 0 Å². The van der Waals surface area contributed by atoms with Crippen molar-refractivity contribution in [3.05, 3.63) is 52.1 Å². The standard InChI is InChI=1S/C20H20FNO4.2C2H6/c1-4-7-8-9-25-13-22-12-16(20(24)26-6-3)19(23)15-10-14(5-2)17(21)11-18(15)22;2*1-2/h5,10-12H,2,6,8-9,13H2,1,3H3;2*1-2H3. The van der Waals surface area contributed by atoms with E-state index in [1.807, 2.05) is 27.7 Å². The first-order chi connectivity index (χ1) is 14.5. The Hall–Kier alpha value is -2.91. The van der Waals surface area contributed by atoms with Gasteiger partial charge >= 0.3 is 5.97 Å². The molecule has 0 aliphatic rings. The third-order valence-electron chi connectivity index (χ3n) is 3.69. The second kappa shape index (κ2) is 15.0. The molecule has 0 atom stereocenters. The van der Waals surface area contributed by atoms with Gasteiger partial charge in [0, 0.05) is 23.6 Å². The molecule has 0 aliphatic heterocycles. The minimum absolute atomic E-state index is 0.0431. The minimum atomic E-state index is -0.727. The number of rotatable bonds is 7. The lowest BCUT2D eigenvalue weighted by Gasteiger charge is -2.14. The molecule has 0 spiro atoms. The smallest absolute Gasteiger partial charge is 0.343 e. The molecule has 1 aromatic carbocycles. The van der Waals surface area contributed by atoms with E-state index in [0.29, 0.717) is 18.5 Å². The lowest BCUT2D eigenvalue weighted by atomic mass is 10.1. The topological polar surface area (TPSA) is 57.5 Å². The van der Waals surface area contributed by atoms with E-state index in [1.54, 1.807) is 13.8 Å². The van der Waals surface area contributed by atoms with Crippen LogP contribution in [0.15, 0.2) is 29.7 Å². The number of fused-ring (bicyclic) bond motifs is 1. The molecule has 0 fully saturated rings. The van der Waals surface area contributed by atoms with Gasteiger partial charge in [-0.15, -0.1) is 11.8 Å². The van der Waals surface area contributed by atoms with Crippen molar-refractivity contribution in [1.29, 1.82) is 0 Å². The molecule has 1 heterocycles. The van der Waals surface area contributed by atoms with Gasteiger partial charge in [0.2, 0.25) is 5.43 Å². The fourth-order valence-corrected chi connectivity index (χ4v) is 2.46. The quantitative estimate of drug-likeness (QED) is 0.344. The maximum absolute atomic E-state index is 14.2. The second-order valence-corrected chi connectivity index (χ2v) is 5.37. The molecular weight excluding hydrogens is 385 g/mol. The van der Waals surface area contributed by atoms with Crippen molar-refractivity contribution in [2.45, 2.75) is 54.7 Å². The van der Waals surface area contributed by atoms with Gasteiger partial charge in [-0.25, -0.2) is 9.18 Å². The fourth-order valence-electron chi connectivity index (χ4n) is 2.46. The summed E-state index contributed by atoms with van der Waals surface area (Å²) >= 11 is 0. The Morgan fingerprint density at radius 1 is 1.27 bits per heavy atom. The highest BCUT2D eigenvalue weighted by Gasteiger charge is 2.18. The number of nitrogens with zero attached hydrogens (tertiary/aromatic N) is 1. The Morgan fingerprint density at radius 2 is 1.93 bits per heavy atom. The minimum Gasteiger partial charge on any atom is -0.462 e. The average Bonchev–Trinajstić information content (AvgIpc) is 2.77. The zero-order valence-corrected chi connectivity index (χ0v) is 18.8. The highest BCUT2D eigenvalue weighted by atomic mass is 19.1. The van der Waals surface area contributed by atoms with Crippen molar-refractivity contribution in [3.8, 4) is 11.8 Å². The van der Waals surface area contributed by atoms with Gasteiger partial charge in [-0.1, -0.05) is 40.3 Å². The molecule has 30 heavy (non-hydrogen) atoms. The number of carbonyl (C=O) groups is 1. The van der Waals surface area contributed by atoms with Gasteiger partial charge in [-0.3, -0.25) is 4.79 Å². The highest BCUT2D eigenvalue weighted by molar-refractivity contribution is 5.94. The molecule has 5 nitrogen and oxygen atoms in total. The molecule has 0 radical (unpaired) electrons. The molecule has 0 unspecified atom stereocenters. The maximum atomic E-state index is 14.2. The number of hydrogen-bond donors (Lipinski definition) is 0. The van der Waals surface area contributed by atoms with Crippen LogP contribution in [0.4, 0.5) is 4.39 Å². The van der Waals surface area contributed by atoms with E-state index in [1.165, 1.54) is 29.0 Å². The van der Waals surface area contributed by atoms with Crippen molar-refractivity contribution in [1.82, 2.24) is 4.57 Å². The molecule has 6 heteroatoms. The summed E-state index contributed by atoms with van der Waals surface area (Å²) in [7, 11) is 0. The number of ether oxygens (including phenoxy) is 2. The number of carbonyl (C=O) groups excluding carboxylic acids is 1. The molecule has 0 saturated heterocycles. The van der Waals surface area contributed by atoms with Crippen LogP contribution in [-0.4, -0.2) is 23.8 Å². The summed E-state index contributed by atoms with van der Waals surface area (Å²) in [5.74, 6) is 4.40. The lowest BCUT2D eigenvalue weighted by Crippen LogP contribution is -2.22. The predicted molar refractivity (Wildman–Crippen MR) is 121 cm³/mol. The van der Waals surface area contributed by atoms with E-state index in [2.05, 4.69) is 18.4 Å². The highest BCUT2D eigenvalue weighted by Crippen LogP contribution is 2.19. The van der Waals surface area contributed by atoms with Crippen molar-refractivity contribution < 1.29 is 18.7 Å². The molecule has 0 aliphatic carbocycles. The zero-order chi connectivity index (χ0) is 23.1. The predicted octanol–water partition coefficient (Wildman–Crippen LogP) is 5.40. The number of halogens is 1. The summed E-state index contributed by atoms with van der Waals surface area (Å²) in [5.41, 5.74) is -0.137. The first-order valence-corrected chi connectivity index (χ1v) is 10.2. The van der Waals surface area contributed by atoms with Gasteiger partial charge in [0.25, 0.3) is 0 Å². The van der Waals surface area contributed by atoms with Crippen LogP contribution in [0, 0.1) is 17.7 Å². The monoisotopic (exact) mass is 417 g/mol. The average molecular weight is 418 g/mol. The number of esters is 1. The summed E-state index contributed by atoms with van der Waals surface area (Å²) in [4.78, 5) is 24.8. The van der Waals surface area contributed by atoms with Gasteiger partial charge in [0.15, 0.2) is 0 Å². The van der Waals surface area contributed by atoms with Crippen molar-refractivity contribution in [2.75, 3.05) is 13.2 Å². The van der Waals surface area contributed by atoms with Crippen LogP contribution in [-0.2, 0) is 16.2 Å². The summed E-state index contributed by atoms with van der Waals surface area (Å²) < 4.78 is 26.1. The molecule has 164 valence electrons. The molecule has 1 aromatic heterocycles. The van der Waals surface area contributed by atoms with Gasteiger partial charge < -0.3 is 14.0 Å². The van der Waals surface area contributed by atoms with Crippen LogP contribution in [0.25, 0.3) is 17.0 Å². The van der Waals surface area contributed by atoms with Gasteiger partial charge in [0.05, 0.1) is 18.7 Å². The Bertz CT molecular complexity index is 952. The summed E-state index contributed by atoms with van der Waals surface area (Å²) in [6.45, 7) is 15.5. The Labute approximate surface area is 178 Å². The molecule has 2 rings (SSSR count). The maximum Gasteiger partial charge on any atom is 0.343 e. The Morgan fingerprint density at radius 3 is 2.50 bits per heavy atom. The van der Waals surface area contributed by atoms with Crippen LogP contribution in [0.3, 0.4) is 0 Å². The van der Waals surface area contributed by atoms with E-state index in [-0.39, 0.29) is 29.9 Å². The van der Waals surface area contributed by atoms with E-state index in [4.69, 9.17) is 9.47 Å². The molecular formula is C24H32FNO4. The second-order valence-electron chi connectivity index (χ2n) is 5.37. The Balaban J connectivity index is 0.00000198. The zero-order valence-electron chi connectivity index (χ0n) is 18.8. The first kappa shape index (κ1) is 27.1. The largest absolute Gasteiger partial charge is 0.462 e. The number of pyridine rings is 1. The van der Waals surface area contributed by atoms with Crippen LogP contribution < -0.4 is 5.43 Å². The number of aromatic nitrogens is 1. The summed E-state index contributed by atoms with van der Waals surface area (Å²) in [6.07, 6.45) is 3.20. The van der Waals surface area contributed by atoms with Gasteiger partial charge in [-0.05, 0) is 26.0 Å². The SMILES string of the molecule is C=Cc1cc2c(=O)c(C(=O)OCC)cn(COCCC#CC)c2cc1F.CC.CC. The van der Waals surface area contributed by atoms with E-state index in [9.17, 15) is 14.0 Å². The van der Waals surface area contributed by atoms with Gasteiger partial charge in [-0.2, -0.15) is 0 Å². The molecule has 2 aromatic rings. The molecule has 0 N–H and O–H groups in total. The van der Waals surface area contributed by atoms with Gasteiger partial charge in [0.1, 0.15) is 18.1 Å². The number of hydrogen-bond acceptors (Lipinski definition) is 4. The van der Waals surface area contributed by atoms with Crippen molar-refractivity contribution in [3.63, 3.8) is 0 Å². The van der Waals surface area contributed by atoms with Crippen LogP contribution >= 0.6 is 0 Å². The fraction of sp³-hybridized carbons (Fsp3) is 0.417. The van der Waals surface area contributed by atoms with Crippen LogP contribution in [0.1, 0.15) is 63.9 Å². The molecule has 0 saturated carbocycles. The van der Waals surface area contributed by atoms with Crippen molar-refractivity contribution >= 4 is 22.9 Å². The normalized spacial score (nSPS) is 9.30. The number of benzene rings is 1. The van der Waals surface area contributed by atoms with E-state index in [0.717, 1.165) is 0 Å². The summed E-state index contributed by atoms with van der Waals surface area (Å²) in [6, 6.07) is 2.61.